The second-order valence-corrected chi connectivity index (χ2v) is 8.84. The number of nitrogens with one attached hydrogen (secondary N) is 1. The lowest BCUT2D eigenvalue weighted by molar-refractivity contribution is -0.139. The largest absolute Gasteiger partial charge is 0.495 e. The minimum absolute atomic E-state index is 0.0498. The third-order valence-corrected chi connectivity index (χ3v) is 5.68. The average Bonchev–Trinajstić information content (AvgIpc) is 2.44. The number of carbonyl (C=O) groups is 1. The number of hydrogen-bond donors (Lipinski definition) is 2. The van der Waals surface area contributed by atoms with Crippen molar-refractivity contribution >= 4 is 16.0 Å². The van der Waals surface area contributed by atoms with E-state index in [2.05, 4.69) is 4.72 Å². The minimum Gasteiger partial charge on any atom is -0.495 e. The summed E-state index contributed by atoms with van der Waals surface area (Å²) < 4.78 is 33.0. The highest BCUT2D eigenvalue weighted by atomic mass is 32.2. The predicted molar refractivity (Wildman–Crippen MR) is 92.9 cm³/mol. The molecule has 7 heteroatoms. The molecule has 0 saturated carbocycles. The van der Waals surface area contributed by atoms with Gasteiger partial charge in [0.1, 0.15) is 10.6 Å². The van der Waals surface area contributed by atoms with Gasteiger partial charge in [0.25, 0.3) is 0 Å². The Balaban J connectivity index is 3.09. The van der Waals surface area contributed by atoms with Gasteiger partial charge < -0.3 is 9.84 Å². The second-order valence-electron chi connectivity index (χ2n) is 7.10. The van der Waals surface area contributed by atoms with Crippen LogP contribution in [0.15, 0.2) is 17.0 Å². The van der Waals surface area contributed by atoms with Gasteiger partial charge in [-0.1, -0.05) is 20.8 Å². The molecule has 24 heavy (non-hydrogen) atoms. The van der Waals surface area contributed by atoms with Crippen LogP contribution in [-0.2, 0) is 14.8 Å². The van der Waals surface area contributed by atoms with Crippen molar-refractivity contribution < 1.29 is 23.1 Å². The van der Waals surface area contributed by atoms with Gasteiger partial charge in [0.05, 0.1) is 7.11 Å². The van der Waals surface area contributed by atoms with Crippen molar-refractivity contribution in [2.45, 2.75) is 45.9 Å². The number of rotatable bonds is 7. The molecule has 0 heterocycles. The summed E-state index contributed by atoms with van der Waals surface area (Å²) in [7, 11) is -2.38. The summed E-state index contributed by atoms with van der Waals surface area (Å²) in [4.78, 5) is 11.1. The Kier molecular flexibility index (Phi) is 6.41. The maximum Gasteiger partial charge on any atom is 0.303 e. The predicted octanol–water partition coefficient (Wildman–Crippen LogP) is 2.73. The van der Waals surface area contributed by atoms with E-state index < -0.39 is 16.0 Å². The highest BCUT2D eigenvalue weighted by molar-refractivity contribution is 7.89. The number of aliphatic carboxylic acids is 1. The van der Waals surface area contributed by atoms with E-state index in [1.54, 1.807) is 12.1 Å². The molecule has 0 saturated heterocycles. The van der Waals surface area contributed by atoms with Crippen molar-refractivity contribution in [3.05, 3.63) is 23.3 Å². The van der Waals surface area contributed by atoms with Crippen LogP contribution in [-0.4, -0.2) is 33.1 Å². The topological polar surface area (TPSA) is 92.7 Å². The fraction of sp³-hybridized carbons (Fsp3) is 0.588. The van der Waals surface area contributed by atoms with Crippen LogP contribution in [0.1, 0.15) is 38.3 Å². The summed E-state index contributed by atoms with van der Waals surface area (Å²) in [5.41, 5.74) is 1.44. The van der Waals surface area contributed by atoms with Gasteiger partial charge in [-0.05, 0) is 48.4 Å². The molecular weight excluding hydrogens is 330 g/mol. The fourth-order valence-electron chi connectivity index (χ4n) is 2.32. The van der Waals surface area contributed by atoms with Gasteiger partial charge >= 0.3 is 5.97 Å². The average molecular weight is 357 g/mol. The summed E-state index contributed by atoms with van der Waals surface area (Å²) in [5.74, 6) is -1.00. The SMILES string of the molecule is COc1cc(C)c(C)cc1S(=O)(=O)NCC(CC(=O)O)C(C)(C)C. The molecule has 1 aromatic rings. The molecule has 1 unspecified atom stereocenters. The van der Waals surface area contributed by atoms with E-state index in [9.17, 15) is 13.2 Å². The van der Waals surface area contributed by atoms with E-state index in [1.807, 2.05) is 34.6 Å². The third-order valence-electron chi connectivity index (χ3n) is 4.24. The monoisotopic (exact) mass is 357 g/mol. The number of ether oxygens (including phenoxy) is 1. The highest BCUT2D eigenvalue weighted by Gasteiger charge is 2.29. The van der Waals surface area contributed by atoms with Gasteiger partial charge in [-0.25, -0.2) is 13.1 Å². The minimum atomic E-state index is -3.80. The summed E-state index contributed by atoms with van der Waals surface area (Å²) in [6, 6.07) is 3.25. The number of carboxylic acid groups (broad SMARTS) is 1. The van der Waals surface area contributed by atoms with Gasteiger partial charge in [0.2, 0.25) is 10.0 Å². The summed E-state index contributed by atoms with van der Waals surface area (Å²) in [5, 5.41) is 9.05. The molecule has 2 N–H and O–H groups in total. The molecule has 0 aromatic heterocycles. The molecule has 0 spiro atoms. The van der Waals surface area contributed by atoms with Crippen molar-refractivity contribution in [1.82, 2.24) is 4.72 Å². The molecule has 0 bridgehead atoms. The zero-order valence-electron chi connectivity index (χ0n) is 15.1. The van der Waals surface area contributed by atoms with Gasteiger partial charge in [-0.15, -0.1) is 0 Å². The van der Waals surface area contributed by atoms with Crippen LogP contribution in [0.3, 0.4) is 0 Å². The number of methoxy groups -OCH3 is 1. The zero-order chi connectivity index (χ0) is 18.7. The Hall–Kier alpha value is -1.60. The third kappa shape index (κ3) is 5.21. The van der Waals surface area contributed by atoms with Crippen molar-refractivity contribution in [2.24, 2.45) is 11.3 Å². The molecule has 1 aromatic carbocycles. The van der Waals surface area contributed by atoms with E-state index >= 15 is 0 Å². The van der Waals surface area contributed by atoms with Crippen LogP contribution in [0.5, 0.6) is 5.75 Å². The number of hydrogen-bond acceptors (Lipinski definition) is 4. The molecule has 1 atom stereocenters. The molecule has 0 fully saturated rings. The maximum absolute atomic E-state index is 12.7. The summed E-state index contributed by atoms with van der Waals surface area (Å²) >= 11 is 0. The van der Waals surface area contributed by atoms with Crippen molar-refractivity contribution in [1.29, 1.82) is 0 Å². The quantitative estimate of drug-likeness (QED) is 0.783. The first kappa shape index (κ1) is 20.4. The molecule has 1 rings (SSSR count). The fourth-order valence-corrected chi connectivity index (χ4v) is 3.63. The second kappa shape index (κ2) is 7.53. The lowest BCUT2D eigenvalue weighted by Gasteiger charge is -2.29. The molecule has 0 aliphatic rings. The van der Waals surface area contributed by atoms with Crippen LogP contribution < -0.4 is 9.46 Å². The normalized spacial score (nSPS) is 13.6. The Morgan fingerprint density at radius 3 is 2.25 bits per heavy atom. The van der Waals surface area contributed by atoms with Crippen LogP contribution in [0.4, 0.5) is 0 Å². The van der Waals surface area contributed by atoms with Crippen molar-refractivity contribution in [3.8, 4) is 5.75 Å². The number of benzene rings is 1. The van der Waals surface area contributed by atoms with E-state index in [4.69, 9.17) is 9.84 Å². The first-order chi connectivity index (χ1) is 10.9. The van der Waals surface area contributed by atoms with Crippen LogP contribution in [0.25, 0.3) is 0 Å². The van der Waals surface area contributed by atoms with E-state index in [0.29, 0.717) is 0 Å². The molecule has 136 valence electrons. The Morgan fingerprint density at radius 2 is 1.79 bits per heavy atom. The highest BCUT2D eigenvalue weighted by Crippen LogP contribution is 2.30. The maximum atomic E-state index is 12.7. The zero-order valence-corrected chi connectivity index (χ0v) is 16.0. The van der Waals surface area contributed by atoms with Gasteiger partial charge in [0.15, 0.2) is 0 Å². The molecule has 0 amide bonds. The number of sulfonamides is 1. The van der Waals surface area contributed by atoms with Gasteiger partial charge in [-0.3, -0.25) is 4.79 Å². The molecule has 6 nitrogen and oxygen atoms in total. The van der Waals surface area contributed by atoms with E-state index in [1.165, 1.54) is 7.11 Å². The smallest absolute Gasteiger partial charge is 0.303 e. The van der Waals surface area contributed by atoms with Crippen LogP contribution >= 0.6 is 0 Å². The Labute approximate surface area is 144 Å². The molecular formula is C17H27NO5S. The van der Waals surface area contributed by atoms with Gasteiger partial charge in [0, 0.05) is 13.0 Å². The van der Waals surface area contributed by atoms with E-state index in [0.717, 1.165) is 11.1 Å². The van der Waals surface area contributed by atoms with Crippen LogP contribution in [0.2, 0.25) is 0 Å². The van der Waals surface area contributed by atoms with Crippen molar-refractivity contribution in [2.75, 3.05) is 13.7 Å². The lowest BCUT2D eigenvalue weighted by atomic mass is 9.79. The first-order valence-electron chi connectivity index (χ1n) is 7.75. The van der Waals surface area contributed by atoms with Gasteiger partial charge in [-0.2, -0.15) is 0 Å². The summed E-state index contributed by atoms with van der Waals surface area (Å²) in [6.07, 6.45) is -0.101. The molecule has 0 aliphatic carbocycles. The van der Waals surface area contributed by atoms with Crippen molar-refractivity contribution in [3.63, 3.8) is 0 Å². The van der Waals surface area contributed by atoms with E-state index in [-0.39, 0.29) is 34.9 Å². The standard InChI is InChI=1S/C17H27NO5S/c1-11-7-14(23-6)15(8-12(11)2)24(21,22)18-10-13(9-16(19)20)17(3,4)5/h7-8,13,18H,9-10H2,1-6H3,(H,19,20). The Morgan fingerprint density at radius 1 is 1.25 bits per heavy atom. The van der Waals surface area contributed by atoms with Crippen LogP contribution in [0, 0.1) is 25.2 Å². The number of carboxylic acids is 1. The first-order valence-corrected chi connectivity index (χ1v) is 9.23. The number of aryl methyl sites for hydroxylation is 2. The summed E-state index contributed by atoms with van der Waals surface area (Å²) in [6.45, 7) is 9.44. The molecule has 0 radical (unpaired) electrons. The Bertz CT molecular complexity index is 704. The molecule has 0 aliphatic heterocycles. The lowest BCUT2D eigenvalue weighted by Crippen LogP contribution is -2.36.